The van der Waals surface area contributed by atoms with Crippen molar-refractivity contribution in [3.05, 3.63) is 65.1 Å². The van der Waals surface area contributed by atoms with E-state index in [0.717, 1.165) is 95.0 Å². The zero-order valence-electron chi connectivity index (χ0n) is 30.9. The molecule has 13 heteroatoms. The van der Waals surface area contributed by atoms with E-state index in [1.807, 2.05) is 41.4 Å². The first-order valence-corrected chi connectivity index (χ1v) is 19.6. The first-order valence-electron chi connectivity index (χ1n) is 18.7. The lowest BCUT2D eigenvalue weighted by molar-refractivity contribution is -0.250. The number of nitrogens with one attached hydrogen (secondary N) is 1. The third-order valence-electron chi connectivity index (χ3n) is 12.3. The molecule has 276 valence electrons. The van der Waals surface area contributed by atoms with Gasteiger partial charge in [-0.05, 0) is 106 Å². The number of thiazole rings is 1. The highest BCUT2D eigenvalue weighted by atomic mass is 32.1. The minimum absolute atomic E-state index is 0.0420. The average molecular weight is 734 g/mol. The van der Waals surface area contributed by atoms with Gasteiger partial charge in [-0.1, -0.05) is 37.3 Å². The van der Waals surface area contributed by atoms with Gasteiger partial charge in [0.15, 0.2) is 16.8 Å². The van der Waals surface area contributed by atoms with Gasteiger partial charge in [-0.2, -0.15) is 5.10 Å². The number of anilines is 4. The summed E-state index contributed by atoms with van der Waals surface area (Å²) < 4.78 is 9.73. The van der Waals surface area contributed by atoms with Gasteiger partial charge >= 0.3 is 0 Å². The van der Waals surface area contributed by atoms with Gasteiger partial charge in [0.1, 0.15) is 11.5 Å². The van der Waals surface area contributed by atoms with Crippen LogP contribution in [-0.2, 0) is 17.7 Å². The van der Waals surface area contributed by atoms with Gasteiger partial charge in [0.2, 0.25) is 0 Å². The van der Waals surface area contributed by atoms with Crippen LogP contribution in [0, 0.1) is 30.1 Å². The number of aliphatic hydroxyl groups excluding tert-OH is 1. The van der Waals surface area contributed by atoms with Crippen LogP contribution in [0.5, 0.6) is 0 Å². The second-order valence-corrected chi connectivity index (χ2v) is 18.0. The number of fused-ring (bicyclic) bond motifs is 2. The lowest BCUT2D eigenvalue weighted by atomic mass is 9.39. The van der Waals surface area contributed by atoms with Crippen LogP contribution in [0.3, 0.4) is 0 Å². The molecule has 1 aliphatic heterocycles. The largest absolute Gasteiger partial charge is 0.394 e. The summed E-state index contributed by atoms with van der Waals surface area (Å²) in [6, 6.07) is 11.9. The molecule has 4 aromatic heterocycles. The van der Waals surface area contributed by atoms with E-state index in [4.69, 9.17) is 25.5 Å². The number of pyridine rings is 1. The number of carbonyl (C=O) groups is 1. The lowest BCUT2D eigenvalue weighted by Gasteiger charge is -2.69. The molecule has 5 aromatic rings. The molecule has 4 bridgehead atoms. The second-order valence-electron chi connectivity index (χ2n) is 17.0. The molecule has 2 unspecified atom stereocenters. The number of benzene rings is 1. The highest BCUT2D eigenvalue weighted by Gasteiger charge is 2.66. The van der Waals surface area contributed by atoms with E-state index >= 15 is 0 Å². The molecule has 2 atom stereocenters. The fourth-order valence-electron chi connectivity index (χ4n) is 11.6. The molecule has 53 heavy (non-hydrogen) atoms. The van der Waals surface area contributed by atoms with E-state index in [1.165, 1.54) is 6.42 Å². The Hall–Kier alpha value is -4.46. The summed E-state index contributed by atoms with van der Waals surface area (Å²) in [5, 5.41) is 28.0. The quantitative estimate of drug-likeness (QED) is 0.136. The Morgan fingerprint density at radius 2 is 1.79 bits per heavy atom. The number of hydrogen-bond donors (Lipinski definition) is 3. The number of aromatic nitrogens is 6. The van der Waals surface area contributed by atoms with Crippen molar-refractivity contribution in [2.45, 2.75) is 91.2 Å². The topological polar surface area (TPSA) is 157 Å². The van der Waals surface area contributed by atoms with Crippen LogP contribution in [0.4, 0.5) is 22.6 Å². The van der Waals surface area contributed by atoms with Crippen molar-refractivity contribution in [1.82, 2.24) is 29.9 Å². The fraction of sp³-hybridized carbons (Fsp3) is 0.500. The molecule has 4 fully saturated rings. The number of ether oxygens (including phenoxy) is 1. The number of nitrogens with zero attached hydrogens (tertiary/aromatic N) is 7. The summed E-state index contributed by atoms with van der Waals surface area (Å²) in [6.45, 7) is 10.9. The highest BCUT2D eigenvalue weighted by molar-refractivity contribution is 7.22. The Morgan fingerprint density at radius 1 is 1.00 bits per heavy atom. The summed E-state index contributed by atoms with van der Waals surface area (Å²) in [6.07, 6.45) is 10.2. The van der Waals surface area contributed by atoms with Gasteiger partial charge in [-0.15, -0.1) is 10.2 Å². The first kappa shape index (κ1) is 34.3. The van der Waals surface area contributed by atoms with Crippen LogP contribution in [0.15, 0.2) is 42.6 Å². The molecular formula is C40H47N9O3S. The number of para-hydroxylation sites is 1. The van der Waals surface area contributed by atoms with Crippen LogP contribution in [0.2, 0.25) is 0 Å². The SMILES string of the molecule is Cc1c(Nc2nc3ccccc3s2)nnc2c1CCCN2c1ccc(-c2cnn(CC34CC5(C)CC(C)(C3)CC(OCCO)(C5)C4)c2C)c(C(N)=O)n1. The molecule has 1 aromatic carbocycles. The van der Waals surface area contributed by atoms with Crippen molar-refractivity contribution in [3.8, 4) is 11.1 Å². The predicted molar refractivity (Wildman–Crippen MR) is 206 cm³/mol. The maximum atomic E-state index is 13.1. The number of carbonyl (C=O) groups excluding carboxylic acids is 1. The third-order valence-corrected chi connectivity index (χ3v) is 13.3. The third kappa shape index (κ3) is 5.88. The minimum atomic E-state index is -0.589. The van der Waals surface area contributed by atoms with Crippen LogP contribution >= 0.6 is 11.3 Å². The molecule has 4 aliphatic carbocycles. The molecule has 4 saturated carbocycles. The molecule has 0 saturated heterocycles. The summed E-state index contributed by atoms with van der Waals surface area (Å²) in [4.78, 5) is 24.7. The monoisotopic (exact) mass is 733 g/mol. The van der Waals surface area contributed by atoms with Gasteiger partial charge in [0, 0.05) is 41.0 Å². The molecule has 1 amide bonds. The van der Waals surface area contributed by atoms with Gasteiger partial charge in [-0.3, -0.25) is 9.48 Å². The van der Waals surface area contributed by atoms with Crippen LogP contribution < -0.4 is 16.0 Å². The minimum Gasteiger partial charge on any atom is -0.394 e. The van der Waals surface area contributed by atoms with Gasteiger partial charge in [0.05, 0.1) is 35.2 Å². The van der Waals surface area contributed by atoms with Gasteiger partial charge in [-0.25, -0.2) is 9.97 Å². The van der Waals surface area contributed by atoms with Crippen molar-refractivity contribution in [3.63, 3.8) is 0 Å². The summed E-state index contributed by atoms with van der Waals surface area (Å²) >= 11 is 1.58. The van der Waals surface area contributed by atoms with E-state index in [2.05, 4.69) is 54.0 Å². The Labute approximate surface area is 313 Å². The van der Waals surface area contributed by atoms with Gasteiger partial charge < -0.3 is 25.8 Å². The van der Waals surface area contributed by atoms with E-state index in [9.17, 15) is 9.90 Å². The van der Waals surface area contributed by atoms with Crippen molar-refractivity contribution < 1.29 is 14.6 Å². The summed E-state index contributed by atoms with van der Waals surface area (Å²) in [5.41, 5.74) is 12.1. The van der Waals surface area contributed by atoms with E-state index in [1.54, 1.807) is 11.3 Å². The maximum absolute atomic E-state index is 13.1. The maximum Gasteiger partial charge on any atom is 0.268 e. The number of aliphatic hydroxyl groups is 1. The van der Waals surface area contributed by atoms with Crippen molar-refractivity contribution in [1.29, 1.82) is 0 Å². The molecule has 4 N–H and O–H groups in total. The van der Waals surface area contributed by atoms with Crippen molar-refractivity contribution >= 4 is 50.0 Å². The average Bonchev–Trinajstić information content (AvgIpc) is 3.68. The molecule has 12 nitrogen and oxygen atoms in total. The standard InChI is InChI=1S/C40H47N9O3S/c1-24-26-8-7-13-48(35(26)47-46-34(24)45-36-43-29-9-5-6-10-30(29)53-36)31-12-11-27(32(44-31)33(41)51)28-16-42-49(25(28)2)23-39-18-37(3)17-38(4,19-39)21-40(20-37,22-39)52-15-14-50/h5-6,9-12,16,50H,7-8,13-15,17-23H2,1-4H3,(H2,41,51)(H,43,45,46). The molecular weight excluding hydrogens is 687 g/mol. The Bertz CT molecular complexity index is 2210. The van der Waals surface area contributed by atoms with Crippen LogP contribution in [0.1, 0.15) is 86.1 Å². The fourth-order valence-corrected chi connectivity index (χ4v) is 12.4. The Balaban J connectivity index is 0.998. The van der Waals surface area contributed by atoms with Crippen molar-refractivity contribution in [2.75, 3.05) is 30.0 Å². The van der Waals surface area contributed by atoms with E-state index < -0.39 is 5.91 Å². The molecule has 5 aliphatic rings. The molecule has 0 spiro atoms. The molecule has 10 rings (SSSR count). The Kier molecular flexibility index (Phi) is 7.96. The van der Waals surface area contributed by atoms with Gasteiger partial charge in [0.25, 0.3) is 5.91 Å². The predicted octanol–water partition coefficient (Wildman–Crippen LogP) is 7.02. The van der Waals surface area contributed by atoms with E-state index in [0.29, 0.717) is 30.4 Å². The van der Waals surface area contributed by atoms with Crippen LogP contribution in [0.25, 0.3) is 21.3 Å². The summed E-state index contributed by atoms with van der Waals surface area (Å²) in [5.74, 6) is 1.44. The smallest absolute Gasteiger partial charge is 0.268 e. The van der Waals surface area contributed by atoms with E-state index in [-0.39, 0.29) is 34.1 Å². The highest BCUT2D eigenvalue weighted by Crippen LogP contribution is 2.72. The number of hydrogen-bond acceptors (Lipinski definition) is 11. The van der Waals surface area contributed by atoms with Crippen LogP contribution in [-0.4, -0.2) is 66.3 Å². The summed E-state index contributed by atoms with van der Waals surface area (Å²) in [7, 11) is 0. The normalized spacial score (nSPS) is 27.4. The first-order chi connectivity index (χ1) is 25.4. The molecule has 5 heterocycles. The number of amides is 1. The number of primary amides is 1. The number of rotatable bonds is 10. The zero-order valence-corrected chi connectivity index (χ0v) is 31.7. The Morgan fingerprint density at radius 3 is 2.55 bits per heavy atom. The number of nitrogens with two attached hydrogens (primary N) is 1. The zero-order chi connectivity index (χ0) is 36.8. The second kappa shape index (κ2) is 12.3. The molecule has 0 radical (unpaired) electrons. The lowest BCUT2D eigenvalue weighted by Crippen LogP contribution is -2.64. The van der Waals surface area contributed by atoms with Crippen molar-refractivity contribution in [2.24, 2.45) is 22.0 Å².